The first kappa shape index (κ1) is 10.9. The second kappa shape index (κ2) is 4.51. The number of hydrogen-bond donors (Lipinski definition) is 1. The van der Waals surface area contributed by atoms with Crippen molar-refractivity contribution in [2.24, 2.45) is 0 Å². The maximum Gasteiger partial charge on any atom is 0.321 e. The molecule has 1 aliphatic heterocycles. The van der Waals surface area contributed by atoms with Crippen LogP contribution in [0.3, 0.4) is 0 Å². The molecule has 1 aliphatic rings. The number of hydrogen-bond acceptors (Lipinski definition) is 2. The van der Waals surface area contributed by atoms with Crippen molar-refractivity contribution in [1.82, 2.24) is 9.88 Å². The highest BCUT2D eigenvalue weighted by molar-refractivity contribution is 5.90. The van der Waals surface area contributed by atoms with Crippen molar-refractivity contribution in [2.45, 2.75) is 26.7 Å². The molecule has 0 bridgehead atoms. The van der Waals surface area contributed by atoms with Crippen LogP contribution in [0.5, 0.6) is 0 Å². The Hall–Kier alpha value is -1.58. The molecule has 2 rings (SSSR count). The summed E-state index contributed by atoms with van der Waals surface area (Å²) >= 11 is 0. The number of rotatable bonds is 1. The third-order valence-corrected chi connectivity index (χ3v) is 2.86. The molecule has 0 aromatic carbocycles. The lowest BCUT2D eigenvalue weighted by Crippen LogP contribution is -2.32. The molecule has 4 nitrogen and oxygen atoms in total. The van der Waals surface area contributed by atoms with Crippen LogP contribution in [-0.4, -0.2) is 29.0 Å². The van der Waals surface area contributed by atoms with Gasteiger partial charge in [0.25, 0.3) is 0 Å². The number of nitrogens with one attached hydrogen (secondary N) is 1. The number of urea groups is 1. The van der Waals surface area contributed by atoms with Crippen LogP contribution in [0.4, 0.5) is 10.5 Å². The first-order valence-electron chi connectivity index (χ1n) is 5.67. The molecule has 0 spiro atoms. The maximum absolute atomic E-state index is 11.8. The number of carbonyl (C=O) groups excluding carboxylic acids is 1. The normalized spacial score (nSPS) is 15.2. The van der Waals surface area contributed by atoms with Gasteiger partial charge in [-0.2, -0.15) is 0 Å². The van der Waals surface area contributed by atoms with E-state index in [1.54, 1.807) is 0 Å². The van der Waals surface area contributed by atoms with Crippen molar-refractivity contribution in [2.75, 3.05) is 18.4 Å². The van der Waals surface area contributed by atoms with Gasteiger partial charge in [-0.15, -0.1) is 0 Å². The molecule has 2 amide bonds. The summed E-state index contributed by atoms with van der Waals surface area (Å²) < 4.78 is 0. The molecular weight excluding hydrogens is 202 g/mol. The largest absolute Gasteiger partial charge is 0.325 e. The summed E-state index contributed by atoms with van der Waals surface area (Å²) in [7, 11) is 0. The zero-order valence-corrected chi connectivity index (χ0v) is 9.79. The Kier molecular flexibility index (Phi) is 3.08. The van der Waals surface area contributed by atoms with Crippen LogP contribution < -0.4 is 5.32 Å². The van der Waals surface area contributed by atoms with Crippen molar-refractivity contribution in [3.63, 3.8) is 0 Å². The van der Waals surface area contributed by atoms with E-state index in [-0.39, 0.29) is 6.03 Å². The van der Waals surface area contributed by atoms with Gasteiger partial charge in [-0.25, -0.2) is 4.79 Å². The molecule has 86 valence electrons. The van der Waals surface area contributed by atoms with Gasteiger partial charge >= 0.3 is 6.03 Å². The number of anilines is 1. The van der Waals surface area contributed by atoms with E-state index >= 15 is 0 Å². The zero-order chi connectivity index (χ0) is 11.5. The number of amides is 2. The third kappa shape index (κ3) is 2.32. The van der Waals surface area contributed by atoms with Crippen LogP contribution in [0, 0.1) is 13.8 Å². The number of aryl methyl sites for hydroxylation is 2. The third-order valence-electron chi connectivity index (χ3n) is 2.86. The lowest BCUT2D eigenvalue weighted by molar-refractivity contribution is 0.222. The van der Waals surface area contributed by atoms with Crippen molar-refractivity contribution < 1.29 is 4.79 Å². The number of nitrogens with zero attached hydrogens (tertiary/aromatic N) is 2. The average molecular weight is 219 g/mol. The van der Waals surface area contributed by atoms with Crippen molar-refractivity contribution >= 4 is 11.7 Å². The van der Waals surface area contributed by atoms with Crippen molar-refractivity contribution in [3.8, 4) is 0 Å². The number of likely N-dealkylation sites (tertiary alicyclic amines) is 1. The minimum absolute atomic E-state index is 0.00810. The van der Waals surface area contributed by atoms with Crippen LogP contribution >= 0.6 is 0 Å². The van der Waals surface area contributed by atoms with Crippen LogP contribution in [-0.2, 0) is 0 Å². The molecule has 2 heterocycles. The molecule has 16 heavy (non-hydrogen) atoms. The highest BCUT2D eigenvalue weighted by atomic mass is 16.2. The second-order valence-corrected chi connectivity index (χ2v) is 4.21. The van der Waals surface area contributed by atoms with Gasteiger partial charge < -0.3 is 10.2 Å². The molecule has 0 aliphatic carbocycles. The SMILES string of the molecule is Cc1ccc(NC(=O)N2CCCC2)c(C)n1. The highest BCUT2D eigenvalue weighted by Gasteiger charge is 2.18. The van der Waals surface area contributed by atoms with Crippen molar-refractivity contribution in [1.29, 1.82) is 0 Å². The van der Waals surface area contributed by atoms with Gasteiger partial charge in [0, 0.05) is 18.8 Å². The van der Waals surface area contributed by atoms with E-state index in [1.165, 1.54) is 0 Å². The monoisotopic (exact) mass is 219 g/mol. The maximum atomic E-state index is 11.8. The molecule has 1 N–H and O–H groups in total. The predicted molar refractivity (Wildman–Crippen MR) is 63.5 cm³/mol. The number of aromatic nitrogens is 1. The molecule has 0 radical (unpaired) electrons. The lowest BCUT2D eigenvalue weighted by atomic mass is 10.3. The topological polar surface area (TPSA) is 45.2 Å². The quantitative estimate of drug-likeness (QED) is 0.787. The molecule has 1 saturated heterocycles. The molecular formula is C12H17N3O. The van der Waals surface area contributed by atoms with Crippen LogP contribution in [0.2, 0.25) is 0 Å². The Morgan fingerprint density at radius 3 is 2.62 bits per heavy atom. The Morgan fingerprint density at radius 2 is 2.00 bits per heavy atom. The fourth-order valence-electron chi connectivity index (χ4n) is 1.93. The molecule has 1 aromatic rings. The van der Waals surface area contributed by atoms with Crippen molar-refractivity contribution in [3.05, 3.63) is 23.5 Å². The summed E-state index contributed by atoms with van der Waals surface area (Å²) in [6.45, 7) is 5.58. The highest BCUT2D eigenvalue weighted by Crippen LogP contribution is 2.15. The minimum Gasteiger partial charge on any atom is -0.325 e. The molecule has 0 atom stereocenters. The van der Waals surface area contributed by atoms with Crippen LogP contribution in [0.1, 0.15) is 24.2 Å². The summed E-state index contributed by atoms with van der Waals surface area (Å²) in [6, 6.07) is 3.81. The van der Waals surface area contributed by atoms with Crippen LogP contribution in [0.25, 0.3) is 0 Å². The zero-order valence-electron chi connectivity index (χ0n) is 9.79. The van der Waals surface area contributed by atoms with E-state index < -0.39 is 0 Å². The summed E-state index contributed by atoms with van der Waals surface area (Å²) in [5, 5.41) is 2.90. The van der Waals surface area contributed by atoms with Gasteiger partial charge in [-0.3, -0.25) is 4.98 Å². The Morgan fingerprint density at radius 1 is 1.31 bits per heavy atom. The molecule has 0 unspecified atom stereocenters. The first-order valence-corrected chi connectivity index (χ1v) is 5.67. The standard InChI is InChI=1S/C12H17N3O/c1-9-5-6-11(10(2)13-9)14-12(16)15-7-3-4-8-15/h5-6H,3-4,7-8H2,1-2H3,(H,14,16). The van der Waals surface area contributed by atoms with Gasteiger partial charge in [0.05, 0.1) is 11.4 Å². The Balaban J connectivity index is 2.05. The van der Waals surface area contributed by atoms with E-state index in [9.17, 15) is 4.79 Å². The fourth-order valence-corrected chi connectivity index (χ4v) is 1.93. The van der Waals surface area contributed by atoms with E-state index in [0.717, 1.165) is 43.0 Å². The summed E-state index contributed by atoms with van der Waals surface area (Å²) in [6.07, 6.45) is 2.22. The molecule has 1 aromatic heterocycles. The fraction of sp³-hybridized carbons (Fsp3) is 0.500. The van der Waals surface area contributed by atoms with E-state index in [2.05, 4.69) is 10.3 Å². The minimum atomic E-state index is -0.00810. The summed E-state index contributed by atoms with van der Waals surface area (Å²) in [5.74, 6) is 0. The number of carbonyl (C=O) groups is 1. The van der Waals surface area contributed by atoms with E-state index in [0.29, 0.717) is 0 Å². The predicted octanol–water partition coefficient (Wildman–Crippen LogP) is 2.33. The Bertz CT molecular complexity index is 397. The van der Waals surface area contributed by atoms with Gasteiger partial charge in [0.15, 0.2) is 0 Å². The van der Waals surface area contributed by atoms with E-state index in [4.69, 9.17) is 0 Å². The Labute approximate surface area is 95.7 Å². The lowest BCUT2D eigenvalue weighted by Gasteiger charge is -2.17. The van der Waals surface area contributed by atoms with Gasteiger partial charge in [0.1, 0.15) is 0 Å². The molecule has 4 heteroatoms. The average Bonchev–Trinajstić information content (AvgIpc) is 2.75. The van der Waals surface area contributed by atoms with Gasteiger partial charge in [0.2, 0.25) is 0 Å². The van der Waals surface area contributed by atoms with Crippen LogP contribution in [0.15, 0.2) is 12.1 Å². The smallest absolute Gasteiger partial charge is 0.321 e. The summed E-state index contributed by atoms with van der Waals surface area (Å²) in [5.41, 5.74) is 2.65. The molecule has 0 saturated carbocycles. The first-order chi connectivity index (χ1) is 7.66. The second-order valence-electron chi connectivity index (χ2n) is 4.21. The van der Waals surface area contributed by atoms with Gasteiger partial charge in [-0.05, 0) is 38.8 Å². The summed E-state index contributed by atoms with van der Waals surface area (Å²) in [4.78, 5) is 18.0. The van der Waals surface area contributed by atoms with E-state index in [1.807, 2.05) is 30.9 Å². The number of pyridine rings is 1. The molecule has 1 fully saturated rings. The van der Waals surface area contributed by atoms with Gasteiger partial charge in [-0.1, -0.05) is 0 Å².